The maximum absolute atomic E-state index is 12.1. The Kier molecular flexibility index (Phi) is 6.61. The summed E-state index contributed by atoms with van der Waals surface area (Å²) in [6.45, 7) is 7.69. The number of carbonyl (C=O) groups excluding carboxylic acids is 1. The summed E-state index contributed by atoms with van der Waals surface area (Å²) in [4.78, 5) is 12.1. The van der Waals surface area contributed by atoms with E-state index in [1.807, 2.05) is 30.3 Å². The fourth-order valence-electron chi connectivity index (χ4n) is 3.26. The van der Waals surface area contributed by atoms with Crippen LogP contribution in [0.15, 0.2) is 43.0 Å². The Morgan fingerprint density at radius 2 is 2.00 bits per heavy atom. The van der Waals surface area contributed by atoms with Crippen molar-refractivity contribution in [3.05, 3.63) is 48.6 Å². The second-order valence-electron chi connectivity index (χ2n) is 7.06. The molecule has 2 aliphatic rings. The Hall–Kier alpha value is -0.860. The van der Waals surface area contributed by atoms with Crippen molar-refractivity contribution in [2.45, 2.75) is 60.7 Å². The summed E-state index contributed by atoms with van der Waals surface area (Å²) in [5.41, 5.74) is 0.989. The van der Waals surface area contributed by atoms with Gasteiger partial charge in [0.15, 0.2) is 12.1 Å². The van der Waals surface area contributed by atoms with Gasteiger partial charge in [0.05, 0.1) is 12.6 Å². The van der Waals surface area contributed by atoms with Crippen LogP contribution in [0.2, 0.25) is 0 Å². The molecule has 1 aromatic carbocycles. The van der Waals surface area contributed by atoms with E-state index in [-0.39, 0.29) is 0 Å². The maximum atomic E-state index is 12.1. The van der Waals surface area contributed by atoms with Crippen molar-refractivity contribution in [1.82, 2.24) is 5.32 Å². The van der Waals surface area contributed by atoms with Crippen LogP contribution in [0.25, 0.3) is 0 Å². The van der Waals surface area contributed by atoms with E-state index in [1.165, 1.54) is 6.08 Å². The summed E-state index contributed by atoms with van der Waals surface area (Å²) in [5, 5.41) is 2.62. The van der Waals surface area contributed by atoms with Crippen LogP contribution in [0.1, 0.15) is 19.4 Å². The van der Waals surface area contributed by atoms with E-state index in [4.69, 9.17) is 53.8 Å². The van der Waals surface area contributed by atoms with Gasteiger partial charge in [-0.1, -0.05) is 71.2 Å². The Morgan fingerprint density at radius 3 is 2.61 bits per heavy atom. The van der Waals surface area contributed by atoms with Gasteiger partial charge in [-0.05, 0) is 19.4 Å². The number of hydrogen-bond acceptors (Lipinski definition) is 5. The number of amides is 1. The van der Waals surface area contributed by atoms with Crippen LogP contribution < -0.4 is 5.32 Å². The zero-order valence-corrected chi connectivity index (χ0v) is 17.7. The average Bonchev–Trinajstić information content (AvgIpc) is 3.09. The molecule has 0 bridgehead atoms. The number of alkyl halides is 3. The zero-order valence-electron chi connectivity index (χ0n) is 15.4. The standard InChI is InChI=1S/C19H22Cl3NO5/c1-4-12(23-17(24)19(20,21)22)13-14(25-10-11-8-6-5-7-9-11)15-16(26-13)28-18(2,3)27-15/h4-9,12-16H,1,10H2,2-3H3,(H,23,24)/t12-,13+,14+,15+,16+/m0/s1. The number of fused-ring (bicyclic) bond motifs is 1. The molecule has 0 spiro atoms. The molecule has 1 aromatic rings. The number of benzene rings is 1. The molecular weight excluding hydrogens is 429 g/mol. The van der Waals surface area contributed by atoms with Crippen LogP contribution in [-0.4, -0.2) is 46.1 Å². The minimum absolute atomic E-state index is 0.334. The quantitative estimate of drug-likeness (QED) is 0.531. The lowest BCUT2D eigenvalue weighted by Crippen LogP contribution is -2.51. The Labute approximate surface area is 179 Å². The van der Waals surface area contributed by atoms with Crippen LogP contribution >= 0.6 is 34.8 Å². The van der Waals surface area contributed by atoms with E-state index in [2.05, 4.69) is 11.9 Å². The molecule has 3 rings (SSSR count). The van der Waals surface area contributed by atoms with E-state index < -0.39 is 46.1 Å². The third-order valence-corrected chi connectivity index (χ3v) is 4.99. The van der Waals surface area contributed by atoms with Crippen molar-refractivity contribution in [3.8, 4) is 0 Å². The van der Waals surface area contributed by atoms with Gasteiger partial charge in [0.25, 0.3) is 9.70 Å². The molecule has 0 radical (unpaired) electrons. The number of nitrogens with one attached hydrogen (secondary N) is 1. The van der Waals surface area contributed by atoms with Crippen molar-refractivity contribution < 1.29 is 23.7 Å². The van der Waals surface area contributed by atoms with Crippen molar-refractivity contribution >= 4 is 40.7 Å². The fraction of sp³-hybridized carbons (Fsp3) is 0.526. The molecule has 9 heteroatoms. The number of halogens is 3. The summed E-state index contributed by atoms with van der Waals surface area (Å²) in [6.07, 6.45) is -0.790. The van der Waals surface area contributed by atoms with Crippen molar-refractivity contribution in [3.63, 3.8) is 0 Å². The molecule has 0 unspecified atom stereocenters. The van der Waals surface area contributed by atoms with Crippen LogP contribution in [0, 0.1) is 0 Å². The predicted molar refractivity (Wildman–Crippen MR) is 106 cm³/mol. The summed E-state index contributed by atoms with van der Waals surface area (Å²) in [6, 6.07) is 9.01. The summed E-state index contributed by atoms with van der Waals surface area (Å²) < 4.78 is 21.8. The normalized spacial score (nSPS) is 29.9. The molecule has 0 aromatic heterocycles. The van der Waals surface area contributed by atoms with Gasteiger partial charge >= 0.3 is 0 Å². The predicted octanol–water partition coefficient (Wildman–Crippen LogP) is 3.49. The van der Waals surface area contributed by atoms with Crippen LogP contribution in [0.5, 0.6) is 0 Å². The van der Waals surface area contributed by atoms with Gasteiger partial charge in [0.1, 0.15) is 18.3 Å². The van der Waals surface area contributed by atoms with Crippen molar-refractivity contribution in [1.29, 1.82) is 0 Å². The van der Waals surface area contributed by atoms with E-state index in [9.17, 15) is 4.79 Å². The lowest BCUT2D eigenvalue weighted by Gasteiger charge is -2.30. The number of ether oxygens (including phenoxy) is 4. The second-order valence-corrected chi connectivity index (χ2v) is 9.34. The minimum atomic E-state index is -2.11. The first-order valence-electron chi connectivity index (χ1n) is 8.77. The minimum Gasteiger partial charge on any atom is -0.368 e. The molecule has 0 aliphatic carbocycles. The monoisotopic (exact) mass is 449 g/mol. The third kappa shape index (κ3) is 5.00. The molecule has 1 amide bonds. The van der Waals surface area contributed by atoms with Gasteiger partial charge in [-0.3, -0.25) is 4.79 Å². The molecule has 2 heterocycles. The van der Waals surface area contributed by atoms with Gasteiger partial charge in [0, 0.05) is 0 Å². The van der Waals surface area contributed by atoms with E-state index >= 15 is 0 Å². The summed E-state index contributed by atoms with van der Waals surface area (Å²) in [7, 11) is 0. The zero-order chi connectivity index (χ0) is 20.5. The highest BCUT2D eigenvalue weighted by Gasteiger charge is 2.57. The van der Waals surface area contributed by atoms with Crippen LogP contribution in [0.4, 0.5) is 0 Å². The SMILES string of the molecule is C=C[C@H](NC(=O)C(Cl)(Cl)Cl)[C@H]1O[C@@H]2OC(C)(C)O[C@@H]2[C@@H]1OCc1ccccc1. The smallest absolute Gasteiger partial charge is 0.272 e. The molecule has 5 atom stereocenters. The number of hydrogen-bond donors (Lipinski definition) is 1. The molecular formula is C19H22Cl3NO5. The Morgan fingerprint density at radius 1 is 1.32 bits per heavy atom. The topological polar surface area (TPSA) is 66.0 Å². The number of carbonyl (C=O) groups is 1. The van der Waals surface area contributed by atoms with Crippen molar-refractivity contribution in [2.24, 2.45) is 0 Å². The van der Waals surface area contributed by atoms with Crippen LogP contribution in [0.3, 0.4) is 0 Å². The Bertz CT molecular complexity index is 709. The first kappa shape index (κ1) is 21.8. The number of rotatable bonds is 6. The maximum Gasteiger partial charge on any atom is 0.272 e. The largest absolute Gasteiger partial charge is 0.368 e. The molecule has 2 aliphatic heterocycles. The first-order chi connectivity index (χ1) is 13.1. The second kappa shape index (κ2) is 8.48. The van der Waals surface area contributed by atoms with Gasteiger partial charge in [-0.15, -0.1) is 6.58 Å². The average molecular weight is 451 g/mol. The van der Waals surface area contributed by atoms with Gasteiger partial charge in [-0.2, -0.15) is 0 Å². The highest BCUT2D eigenvalue weighted by atomic mass is 35.6. The van der Waals surface area contributed by atoms with Gasteiger partial charge in [0.2, 0.25) is 0 Å². The first-order valence-corrected chi connectivity index (χ1v) is 9.91. The van der Waals surface area contributed by atoms with Crippen LogP contribution in [-0.2, 0) is 30.3 Å². The molecule has 6 nitrogen and oxygen atoms in total. The summed E-state index contributed by atoms with van der Waals surface area (Å²) in [5.74, 6) is -1.59. The van der Waals surface area contributed by atoms with E-state index in [0.29, 0.717) is 6.61 Å². The molecule has 2 fully saturated rings. The highest BCUT2D eigenvalue weighted by Crippen LogP contribution is 2.40. The fourth-order valence-corrected chi connectivity index (χ4v) is 3.42. The van der Waals surface area contributed by atoms with Crippen molar-refractivity contribution in [2.75, 3.05) is 0 Å². The molecule has 154 valence electrons. The molecule has 28 heavy (non-hydrogen) atoms. The lowest BCUT2D eigenvalue weighted by atomic mass is 10.0. The van der Waals surface area contributed by atoms with Gasteiger partial charge < -0.3 is 24.3 Å². The molecule has 0 saturated carbocycles. The third-order valence-electron chi connectivity index (χ3n) is 4.48. The summed E-state index contributed by atoms with van der Waals surface area (Å²) >= 11 is 17.0. The molecule has 2 saturated heterocycles. The van der Waals surface area contributed by atoms with Gasteiger partial charge in [-0.25, -0.2) is 0 Å². The lowest BCUT2D eigenvalue weighted by molar-refractivity contribution is -0.221. The Balaban J connectivity index is 1.77. The highest BCUT2D eigenvalue weighted by molar-refractivity contribution is 6.76. The van der Waals surface area contributed by atoms with E-state index in [0.717, 1.165) is 5.56 Å². The van der Waals surface area contributed by atoms with E-state index in [1.54, 1.807) is 13.8 Å². The molecule has 1 N–H and O–H groups in total.